The summed E-state index contributed by atoms with van der Waals surface area (Å²) in [7, 11) is 0. The third-order valence-corrected chi connectivity index (χ3v) is 3.59. The maximum absolute atomic E-state index is 12.2. The van der Waals surface area contributed by atoms with E-state index in [0.717, 1.165) is 19.4 Å². The second-order valence-corrected chi connectivity index (χ2v) is 5.27. The lowest BCUT2D eigenvalue weighted by Gasteiger charge is -2.36. The molecule has 0 spiro atoms. The predicted octanol–water partition coefficient (Wildman–Crippen LogP) is 0.404. The Labute approximate surface area is 124 Å². The van der Waals surface area contributed by atoms with Crippen LogP contribution in [0.1, 0.15) is 26.7 Å². The van der Waals surface area contributed by atoms with Crippen LogP contribution in [0.5, 0.6) is 0 Å². The number of piperidine rings is 1. The number of aromatic nitrogens is 2. The molecule has 1 aromatic rings. The molecule has 1 saturated heterocycles. The molecule has 2 unspecified atom stereocenters. The van der Waals surface area contributed by atoms with Crippen molar-refractivity contribution in [1.29, 1.82) is 0 Å². The van der Waals surface area contributed by atoms with Gasteiger partial charge >= 0.3 is 0 Å². The molecule has 2 atom stereocenters. The van der Waals surface area contributed by atoms with Gasteiger partial charge in [0.15, 0.2) is 0 Å². The Morgan fingerprint density at radius 3 is 2.76 bits per heavy atom. The molecule has 21 heavy (non-hydrogen) atoms. The van der Waals surface area contributed by atoms with E-state index in [1.807, 2.05) is 6.92 Å². The van der Waals surface area contributed by atoms with Crippen molar-refractivity contribution < 1.29 is 9.59 Å². The van der Waals surface area contributed by atoms with Crippen LogP contribution in [0, 0.1) is 0 Å². The van der Waals surface area contributed by atoms with Crippen molar-refractivity contribution in [2.75, 3.05) is 18.4 Å². The van der Waals surface area contributed by atoms with E-state index in [0.29, 0.717) is 12.5 Å². The van der Waals surface area contributed by atoms with E-state index < -0.39 is 0 Å². The minimum atomic E-state index is -0.287. The first-order chi connectivity index (χ1) is 10.1. The number of amides is 2. The molecule has 2 rings (SSSR count). The van der Waals surface area contributed by atoms with Gasteiger partial charge in [0.1, 0.15) is 0 Å². The number of likely N-dealkylation sites (tertiary alicyclic amines) is 1. The second kappa shape index (κ2) is 7.12. The molecular formula is C14H21N5O2. The third kappa shape index (κ3) is 4.49. The van der Waals surface area contributed by atoms with E-state index >= 15 is 0 Å². The quantitative estimate of drug-likeness (QED) is 0.838. The van der Waals surface area contributed by atoms with Crippen molar-refractivity contribution >= 4 is 17.8 Å². The molecule has 0 bridgehead atoms. The first-order valence-electron chi connectivity index (χ1n) is 7.15. The third-order valence-electron chi connectivity index (χ3n) is 3.59. The number of carbonyl (C=O) groups is 2. The highest BCUT2D eigenvalue weighted by Crippen LogP contribution is 2.14. The largest absolute Gasteiger partial charge is 0.352 e. The van der Waals surface area contributed by atoms with E-state index in [4.69, 9.17) is 0 Å². The molecule has 2 amide bonds. The SMILES string of the molecule is CC(=O)NC1CCCN(C(C)C(=O)Nc2ncccn2)C1. The summed E-state index contributed by atoms with van der Waals surface area (Å²) in [6, 6.07) is 1.52. The Kier molecular flexibility index (Phi) is 5.21. The molecule has 7 heteroatoms. The number of nitrogens with one attached hydrogen (secondary N) is 2. The van der Waals surface area contributed by atoms with Crippen molar-refractivity contribution in [2.24, 2.45) is 0 Å². The zero-order chi connectivity index (χ0) is 15.2. The average Bonchev–Trinajstić information content (AvgIpc) is 2.47. The lowest BCUT2D eigenvalue weighted by atomic mass is 10.0. The lowest BCUT2D eigenvalue weighted by molar-refractivity contribution is -0.121. The minimum absolute atomic E-state index is 0.0309. The van der Waals surface area contributed by atoms with Gasteiger partial charge in [-0.2, -0.15) is 0 Å². The van der Waals surface area contributed by atoms with Gasteiger partial charge in [0.2, 0.25) is 17.8 Å². The molecule has 0 saturated carbocycles. The molecule has 114 valence electrons. The number of anilines is 1. The zero-order valence-electron chi connectivity index (χ0n) is 12.4. The van der Waals surface area contributed by atoms with Gasteiger partial charge in [-0.25, -0.2) is 9.97 Å². The normalized spacial score (nSPS) is 20.6. The molecule has 1 aliphatic heterocycles. The summed E-state index contributed by atoms with van der Waals surface area (Å²) in [6.45, 7) is 4.90. The highest BCUT2D eigenvalue weighted by atomic mass is 16.2. The van der Waals surface area contributed by atoms with Crippen LogP contribution >= 0.6 is 0 Å². The minimum Gasteiger partial charge on any atom is -0.352 e. The number of carbonyl (C=O) groups excluding carboxylic acids is 2. The van der Waals surface area contributed by atoms with Gasteiger partial charge < -0.3 is 5.32 Å². The zero-order valence-corrected chi connectivity index (χ0v) is 12.4. The van der Waals surface area contributed by atoms with Crippen LogP contribution in [0.2, 0.25) is 0 Å². The summed E-state index contributed by atoms with van der Waals surface area (Å²) in [5.74, 6) is 0.145. The summed E-state index contributed by atoms with van der Waals surface area (Å²) >= 11 is 0. The van der Waals surface area contributed by atoms with Crippen LogP contribution in [0.4, 0.5) is 5.95 Å². The summed E-state index contributed by atoms with van der Waals surface area (Å²) < 4.78 is 0. The Bertz CT molecular complexity index is 493. The number of nitrogens with zero attached hydrogens (tertiary/aromatic N) is 3. The molecule has 2 heterocycles. The smallest absolute Gasteiger partial charge is 0.243 e. The van der Waals surface area contributed by atoms with E-state index in [2.05, 4.69) is 25.5 Å². The molecule has 0 radical (unpaired) electrons. The Morgan fingerprint density at radius 2 is 2.10 bits per heavy atom. The van der Waals surface area contributed by atoms with Crippen molar-refractivity contribution in [3.8, 4) is 0 Å². The molecule has 1 fully saturated rings. The number of hydrogen-bond acceptors (Lipinski definition) is 5. The van der Waals surface area contributed by atoms with Gasteiger partial charge in [-0.3, -0.25) is 19.8 Å². The van der Waals surface area contributed by atoms with Gasteiger partial charge in [-0.15, -0.1) is 0 Å². The van der Waals surface area contributed by atoms with Crippen LogP contribution < -0.4 is 10.6 Å². The first kappa shape index (κ1) is 15.4. The fourth-order valence-electron chi connectivity index (χ4n) is 2.51. The second-order valence-electron chi connectivity index (χ2n) is 5.27. The summed E-state index contributed by atoms with van der Waals surface area (Å²) in [5, 5.41) is 5.62. The molecule has 1 aliphatic rings. The standard InChI is InChI=1S/C14H21N5O2/c1-10(13(21)18-14-15-6-4-7-16-14)19-8-3-5-12(9-19)17-11(2)20/h4,6-7,10,12H,3,5,8-9H2,1-2H3,(H,17,20)(H,15,16,18,21). The van der Waals surface area contributed by atoms with Crippen LogP contribution in [0.3, 0.4) is 0 Å². The molecular weight excluding hydrogens is 270 g/mol. The lowest BCUT2D eigenvalue weighted by Crippen LogP contribution is -2.52. The highest BCUT2D eigenvalue weighted by molar-refractivity contribution is 5.93. The van der Waals surface area contributed by atoms with Crippen molar-refractivity contribution in [3.63, 3.8) is 0 Å². The highest BCUT2D eigenvalue weighted by Gasteiger charge is 2.27. The monoisotopic (exact) mass is 291 g/mol. The Balaban J connectivity index is 1.90. The van der Waals surface area contributed by atoms with Crippen LogP contribution in [-0.4, -0.2) is 51.9 Å². The van der Waals surface area contributed by atoms with Crippen LogP contribution in [-0.2, 0) is 9.59 Å². The van der Waals surface area contributed by atoms with Crippen LogP contribution in [0.15, 0.2) is 18.5 Å². The van der Waals surface area contributed by atoms with E-state index in [9.17, 15) is 9.59 Å². The predicted molar refractivity (Wildman–Crippen MR) is 78.5 cm³/mol. The first-order valence-corrected chi connectivity index (χ1v) is 7.15. The van der Waals surface area contributed by atoms with Gasteiger partial charge in [0.05, 0.1) is 6.04 Å². The van der Waals surface area contributed by atoms with Gasteiger partial charge in [0.25, 0.3) is 0 Å². The van der Waals surface area contributed by atoms with Gasteiger partial charge in [-0.1, -0.05) is 0 Å². The van der Waals surface area contributed by atoms with Crippen molar-refractivity contribution in [3.05, 3.63) is 18.5 Å². The fourth-order valence-corrected chi connectivity index (χ4v) is 2.51. The van der Waals surface area contributed by atoms with E-state index in [1.54, 1.807) is 18.5 Å². The fraction of sp³-hybridized carbons (Fsp3) is 0.571. The van der Waals surface area contributed by atoms with E-state index in [-0.39, 0.29) is 23.9 Å². The maximum Gasteiger partial charge on any atom is 0.243 e. The van der Waals surface area contributed by atoms with Crippen molar-refractivity contribution in [1.82, 2.24) is 20.2 Å². The molecule has 2 N–H and O–H groups in total. The summed E-state index contributed by atoms with van der Waals surface area (Å²) in [6.07, 6.45) is 5.08. The summed E-state index contributed by atoms with van der Waals surface area (Å²) in [5.41, 5.74) is 0. The Hall–Kier alpha value is -2.02. The average molecular weight is 291 g/mol. The maximum atomic E-state index is 12.2. The van der Waals surface area contributed by atoms with Gasteiger partial charge in [0, 0.05) is 31.9 Å². The molecule has 0 aliphatic carbocycles. The molecule has 1 aromatic heterocycles. The van der Waals surface area contributed by atoms with Crippen molar-refractivity contribution in [2.45, 2.75) is 38.8 Å². The Morgan fingerprint density at radius 1 is 1.38 bits per heavy atom. The van der Waals surface area contributed by atoms with Gasteiger partial charge in [-0.05, 0) is 32.4 Å². The molecule has 0 aromatic carbocycles. The van der Waals surface area contributed by atoms with Crippen LogP contribution in [0.25, 0.3) is 0 Å². The number of hydrogen-bond donors (Lipinski definition) is 2. The molecule has 7 nitrogen and oxygen atoms in total. The summed E-state index contributed by atoms with van der Waals surface area (Å²) in [4.78, 5) is 33.4. The van der Waals surface area contributed by atoms with E-state index in [1.165, 1.54) is 6.92 Å². The topological polar surface area (TPSA) is 87.2 Å². The number of rotatable bonds is 4.